The minimum atomic E-state index is -0.0240. The van der Waals surface area contributed by atoms with Gasteiger partial charge in [0.1, 0.15) is 0 Å². The van der Waals surface area contributed by atoms with Crippen LogP contribution in [0.3, 0.4) is 0 Å². The molecule has 2 N–H and O–H groups in total. The zero-order chi connectivity index (χ0) is 11.7. The minimum Gasteiger partial charge on any atom is -0.324 e. The molecule has 0 aromatic carbocycles. The molecule has 2 heterocycles. The molecule has 0 fully saturated rings. The van der Waals surface area contributed by atoms with E-state index in [1.807, 2.05) is 32.2 Å². The largest absolute Gasteiger partial charge is 0.324 e. The van der Waals surface area contributed by atoms with E-state index in [2.05, 4.69) is 25.9 Å². The average molecular weight is 298 g/mol. The molecule has 0 aliphatic carbocycles. The SMILES string of the molecule is Cc1nc(-c2ccc(Br)s2)ncc1C(C)N. The first-order chi connectivity index (χ1) is 7.58. The molecule has 84 valence electrons. The van der Waals surface area contributed by atoms with Crippen LogP contribution < -0.4 is 5.73 Å². The highest BCUT2D eigenvalue weighted by atomic mass is 79.9. The summed E-state index contributed by atoms with van der Waals surface area (Å²) in [6, 6.07) is 3.98. The molecule has 0 bridgehead atoms. The number of halogens is 1. The van der Waals surface area contributed by atoms with Gasteiger partial charge in [-0.2, -0.15) is 0 Å². The second-order valence-corrected chi connectivity index (χ2v) is 6.09. The first kappa shape index (κ1) is 11.7. The Kier molecular flexibility index (Phi) is 3.37. The van der Waals surface area contributed by atoms with Crippen LogP contribution in [0.5, 0.6) is 0 Å². The maximum Gasteiger partial charge on any atom is 0.169 e. The second kappa shape index (κ2) is 4.61. The highest BCUT2D eigenvalue weighted by Crippen LogP contribution is 2.29. The van der Waals surface area contributed by atoms with Crippen molar-refractivity contribution in [2.24, 2.45) is 5.73 Å². The lowest BCUT2D eigenvalue weighted by atomic mass is 10.1. The quantitative estimate of drug-likeness (QED) is 0.925. The van der Waals surface area contributed by atoms with Gasteiger partial charge in [0.15, 0.2) is 5.82 Å². The molecule has 2 aromatic rings. The summed E-state index contributed by atoms with van der Waals surface area (Å²) in [5, 5.41) is 0. The Morgan fingerprint density at radius 1 is 1.44 bits per heavy atom. The van der Waals surface area contributed by atoms with Gasteiger partial charge in [-0.25, -0.2) is 9.97 Å². The Hall–Kier alpha value is -0.780. The topological polar surface area (TPSA) is 51.8 Å². The van der Waals surface area contributed by atoms with Crippen LogP contribution in [-0.2, 0) is 0 Å². The second-order valence-electron chi connectivity index (χ2n) is 3.63. The van der Waals surface area contributed by atoms with Gasteiger partial charge < -0.3 is 5.73 Å². The van der Waals surface area contributed by atoms with Crippen LogP contribution in [0.2, 0.25) is 0 Å². The lowest BCUT2D eigenvalue weighted by Crippen LogP contribution is -2.09. The van der Waals surface area contributed by atoms with Crippen LogP contribution in [0.25, 0.3) is 10.7 Å². The summed E-state index contributed by atoms with van der Waals surface area (Å²) in [6.45, 7) is 3.90. The van der Waals surface area contributed by atoms with Gasteiger partial charge in [0.2, 0.25) is 0 Å². The zero-order valence-corrected chi connectivity index (χ0v) is 11.5. The van der Waals surface area contributed by atoms with Crippen LogP contribution in [0.15, 0.2) is 22.1 Å². The van der Waals surface area contributed by atoms with E-state index in [0.29, 0.717) is 0 Å². The number of rotatable bonds is 2. The maximum absolute atomic E-state index is 5.82. The number of thiophene rings is 1. The zero-order valence-electron chi connectivity index (χ0n) is 9.07. The summed E-state index contributed by atoms with van der Waals surface area (Å²) in [7, 11) is 0. The van der Waals surface area contributed by atoms with Gasteiger partial charge in [-0.05, 0) is 41.9 Å². The van der Waals surface area contributed by atoms with Crippen LogP contribution in [0, 0.1) is 6.92 Å². The standard InChI is InChI=1S/C11H12BrN3S/c1-6(13)8-5-14-11(15-7(8)2)9-3-4-10(12)16-9/h3-6H,13H2,1-2H3. The third kappa shape index (κ3) is 2.31. The molecule has 1 atom stereocenters. The molecule has 16 heavy (non-hydrogen) atoms. The lowest BCUT2D eigenvalue weighted by molar-refractivity contribution is 0.790. The highest BCUT2D eigenvalue weighted by Gasteiger charge is 2.09. The van der Waals surface area contributed by atoms with E-state index in [-0.39, 0.29) is 6.04 Å². The summed E-state index contributed by atoms with van der Waals surface area (Å²) in [5.74, 6) is 0.762. The smallest absolute Gasteiger partial charge is 0.169 e. The summed E-state index contributed by atoms with van der Waals surface area (Å²) in [4.78, 5) is 9.88. The van der Waals surface area contributed by atoms with E-state index < -0.39 is 0 Å². The monoisotopic (exact) mass is 297 g/mol. The van der Waals surface area contributed by atoms with Crippen LogP contribution in [-0.4, -0.2) is 9.97 Å². The van der Waals surface area contributed by atoms with Crippen molar-refractivity contribution in [3.63, 3.8) is 0 Å². The minimum absolute atomic E-state index is 0.0240. The molecule has 0 radical (unpaired) electrons. The average Bonchev–Trinajstić information content (AvgIpc) is 2.64. The summed E-state index contributed by atoms with van der Waals surface area (Å²) in [5.41, 5.74) is 7.77. The van der Waals surface area contributed by atoms with Gasteiger partial charge in [-0.3, -0.25) is 0 Å². The Morgan fingerprint density at radius 2 is 2.19 bits per heavy atom. The fourth-order valence-corrected chi connectivity index (χ4v) is 2.80. The molecule has 0 aliphatic heterocycles. The van der Waals surface area contributed by atoms with Crippen LogP contribution in [0.1, 0.15) is 24.2 Å². The molecule has 2 aromatic heterocycles. The van der Waals surface area contributed by atoms with Crippen LogP contribution in [0.4, 0.5) is 0 Å². The van der Waals surface area contributed by atoms with Crippen molar-refractivity contribution in [2.75, 3.05) is 0 Å². The molecule has 0 spiro atoms. The van der Waals surface area contributed by atoms with Crippen molar-refractivity contribution < 1.29 is 0 Å². The van der Waals surface area contributed by atoms with Gasteiger partial charge in [0.05, 0.1) is 8.66 Å². The Bertz CT molecular complexity index is 508. The number of nitrogens with zero attached hydrogens (tertiary/aromatic N) is 2. The molecule has 5 heteroatoms. The third-order valence-corrected chi connectivity index (χ3v) is 3.92. The number of nitrogens with two attached hydrogens (primary N) is 1. The number of aryl methyl sites for hydroxylation is 1. The van der Waals surface area contributed by atoms with Gasteiger partial charge in [-0.15, -0.1) is 11.3 Å². The number of hydrogen-bond acceptors (Lipinski definition) is 4. The molecule has 0 saturated carbocycles. The van der Waals surface area contributed by atoms with Crippen molar-refractivity contribution >= 4 is 27.3 Å². The van der Waals surface area contributed by atoms with E-state index in [9.17, 15) is 0 Å². The van der Waals surface area contributed by atoms with E-state index in [4.69, 9.17) is 5.73 Å². The summed E-state index contributed by atoms with van der Waals surface area (Å²) >= 11 is 5.05. The lowest BCUT2D eigenvalue weighted by Gasteiger charge is -2.08. The van der Waals surface area contributed by atoms with Gasteiger partial charge in [0, 0.05) is 23.5 Å². The maximum atomic E-state index is 5.82. The molecule has 2 rings (SSSR count). The number of hydrogen-bond donors (Lipinski definition) is 1. The Labute approximate surface area is 107 Å². The Morgan fingerprint density at radius 3 is 2.69 bits per heavy atom. The van der Waals surface area contributed by atoms with Crippen molar-refractivity contribution in [3.8, 4) is 10.7 Å². The van der Waals surface area contributed by atoms with Gasteiger partial charge in [0.25, 0.3) is 0 Å². The van der Waals surface area contributed by atoms with Crippen molar-refractivity contribution in [3.05, 3.63) is 33.4 Å². The predicted molar refractivity (Wildman–Crippen MR) is 70.4 cm³/mol. The number of aromatic nitrogens is 2. The van der Waals surface area contributed by atoms with E-state index in [0.717, 1.165) is 25.7 Å². The fraction of sp³-hybridized carbons (Fsp3) is 0.273. The summed E-state index contributed by atoms with van der Waals surface area (Å²) < 4.78 is 1.08. The van der Waals surface area contributed by atoms with Crippen molar-refractivity contribution in [2.45, 2.75) is 19.9 Å². The van der Waals surface area contributed by atoms with E-state index in [1.54, 1.807) is 11.3 Å². The first-order valence-electron chi connectivity index (χ1n) is 4.92. The molecule has 0 amide bonds. The third-order valence-electron chi connectivity index (χ3n) is 2.30. The van der Waals surface area contributed by atoms with E-state index >= 15 is 0 Å². The normalized spacial score (nSPS) is 12.8. The van der Waals surface area contributed by atoms with Crippen LogP contribution >= 0.6 is 27.3 Å². The van der Waals surface area contributed by atoms with Gasteiger partial charge in [-0.1, -0.05) is 0 Å². The van der Waals surface area contributed by atoms with E-state index in [1.165, 1.54) is 0 Å². The Balaban J connectivity index is 2.42. The molecule has 1 unspecified atom stereocenters. The summed E-state index contributed by atoms with van der Waals surface area (Å²) in [6.07, 6.45) is 1.82. The predicted octanol–water partition coefficient (Wildman–Crippen LogP) is 3.30. The van der Waals surface area contributed by atoms with Gasteiger partial charge >= 0.3 is 0 Å². The molecule has 0 aliphatic rings. The highest BCUT2D eigenvalue weighted by molar-refractivity contribution is 9.11. The molecular weight excluding hydrogens is 286 g/mol. The molecule has 3 nitrogen and oxygen atoms in total. The first-order valence-corrected chi connectivity index (χ1v) is 6.53. The molecular formula is C11H12BrN3S. The van der Waals surface area contributed by atoms with Crippen molar-refractivity contribution in [1.29, 1.82) is 0 Å². The molecule has 0 saturated heterocycles. The van der Waals surface area contributed by atoms with Crippen molar-refractivity contribution in [1.82, 2.24) is 9.97 Å². The fourth-order valence-electron chi connectivity index (χ4n) is 1.48.